The zero-order chi connectivity index (χ0) is 26.4. The molecule has 1 aromatic rings. The monoisotopic (exact) mass is 492 g/mol. The van der Waals surface area contributed by atoms with Gasteiger partial charge < -0.3 is 10.2 Å². The first-order valence-electron chi connectivity index (χ1n) is 14.4. The molecule has 0 aromatic heterocycles. The lowest BCUT2D eigenvalue weighted by atomic mass is 10.1. The average Bonchev–Trinajstić information content (AvgIpc) is 2.83. The number of benzene rings is 1. The molecule has 1 aromatic carbocycles. The molecule has 0 saturated carbocycles. The Morgan fingerprint density at radius 3 is 1.03 bits per heavy atom. The minimum absolute atomic E-state index is 0.343. The van der Waals surface area contributed by atoms with E-state index in [-0.39, 0.29) is 0 Å². The Morgan fingerprint density at radius 1 is 0.514 bits per heavy atom. The molecule has 0 aliphatic heterocycles. The topological polar surface area (TPSA) is 74.6 Å². The Labute approximate surface area is 216 Å². The molecule has 0 spiro atoms. The fourth-order valence-electron chi connectivity index (χ4n) is 3.71. The van der Waals surface area contributed by atoms with Gasteiger partial charge in [-0.15, -0.1) is 0 Å². The maximum Gasteiger partial charge on any atom is 0.303 e. The molecule has 0 aliphatic carbocycles. The summed E-state index contributed by atoms with van der Waals surface area (Å²) < 4.78 is 0. The lowest BCUT2D eigenvalue weighted by Gasteiger charge is -2.00. The SMILES string of the molecule is CCCCCCCCCCCC(=O)O.CCCCCCCCCCCC(=O)O.Cc1ccccc1. The number of aliphatic carboxylic acids is 2. The first-order chi connectivity index (χ1) is 16.9. The van der Waals surface area contributed by atoms with Crippen molar-refractivity contribution >= 4 is 11.9 Å². The van der Waals surface area contributed by atoms with Crippen LogP contribution in [0.3, 0.4) is 0 Å². The van der Waals surface area contributed by atoms with E-state index in [9.17, 15) is 9.59 Å². The molecule has 0 amide bonds. The van der Waals surface area contributed by atoms with Crippen molar-refractivity contribution in [3.8, 4) is 0 Å². The van der Waals surface area contributed by atoms with Gasteiger partial charge in [-0.2, -0.15) is 0 Å². The molecule has 0 saturated heterocycles. The van der Waals surface area contributed by atoms with Gasteiger partial charge in [0.2, 0.25) is 0 Å². The summed E-state index contributed by atoms with van der Waals surface area (Å²) in [4.78, 5) is 20.4. The number of unbranched alkanes of at least 4 members (excludes halogenated alkanes) is 16. The summed E-state index contributed by atoms with van der Waals surface area (Å²) in [6, 6.07) is 10.3. The lowest BCUT2D eigenvalue weighted by Crippen LogP contribution is -1.93. The van der Waals surface area contributed by atoms with Gasteiger partial charge in [-0.1, -0.05) is 152 Å². The summed E-state index contributed by atoms with van der Waals surface area (Å²) in [6.07, 6.45) is 23.0. The molecule has 4 nitrogen and oxygen atoms in total. The van der Waals surface area contributed by atoms with E-state index in [0.717, 1.165) is 25.7 Å². The third kappa shape index (κ3) is 36.9. The fourth-order valence-corrected chi connectivity index (χ4v) is 3.71. The first kappa shape index (κ1) is 35.3. The van der Waals surface area contributed by atoms with Crippen molar-refractivity contribution in [1.82, 2.24) is 0 Å². The largest absolute Gasteiger partial charge is 0.481 e. The van der Waals surface area contributed by atoms with E-state index in [2.05, 4.69) is 32.9 Å². The summed E-state index contributed by atoms with van der Waals surface area (Å²) >= 11 is 0. The minimum atomic E-state index is -0.659. The molecule has 0 heterocycles. The van der Waals surface area contributed by atoms with Gasteiger partial charge in [0.15, 0.2) is 0 Å². The van der Waals surface area contributed by atoms with Crippen LogP contribution in [0.2, 0.25) is 0 Å². The number of hydrogen-bond acceptors (Lipinski definition) is 2. The highest BCUT2D eigenvalue weighted by Gasteiger charge is 1.97. The predicted molar refractivity (Wildman–Crippen MR) is 150 cm³/mol. The second-order valence-electron chi connectivity index (χ2n) is 9.60. The summed E-state index contributed by atoms with van der Waals surface area (Å²) in [6.45, 7) is 6.54. The molecule has 0 bridgehead atoms. The Morgan fingerprint density at radius 2 is 0.800 bits per heavy atom. The fraction of sp³-hybridized carbons (Fsp3) is 0.742. The van der Waals surface area contributed by atoms with Gasteiger partial charge in [-0.3, -0.25) is 9.59 Å². The van der Waals surface area contributed by atoms with Crippen molar-refractivity contribution < 1.29 is 19.8 Å². The standard InChI is InChI=1S/2C12H24O2.C7H8/c2*1-2-3-4-5-6-7-8-9-10-11-12(13)14;1-7-5-3-2-4-6-7/h2*2-11H2,1H3,(H,13,14);2-6H,1H3. The molecular formula is C31H56O4. The quantitative estimate of drug-likeness (QED) is 0.178. The number of carbonyl (C=O) groups is 2. The van der Waals surface area contributed by atoms with Crippen molar-refractivity contribution in [2.45, 2.75) is 149 Å². The predicted octanol–water partition coefficient (Wildman–Crippen LogP) is 9.98. The number of carboxylic acid groups (broad SMARTS) is 2. The maximum absolute atomic E-state index is 10.2. The molecule has 0 aliphatic rings. The van der Waals surface area contributed by atoms with Crippen molar-refractivity contribution in [2.24, 2.45) is 0 Å². The van der Waals surface area contributed by atoms with Crippen LogP contribution in [0.5, 0.6) is 0 Å². The zero-order valence-electron chi connectivity index (χ0n) is 23.2. The molecule has 0 unspecified atom stereocenters. The molecule has 35 heavy (non-hydrogen) atoms. The van der Waals surface area contributed by atoms with Gasteiger partial charge >= 0.3 is 11.9 Å². The second-order valence-corrected chi connectivity index (χ2v) is 9.60. The van der Waals surface area contributed by atoms with Gasteiger partial charge in [0.1, 0.15) is 0 Å². The zero-order valence-corrected chi connectivity index (χ0v) is 23.2. The second kappa shape index (κ2) is 30.2. The van der Waals surface area contributed by atoms with E-state index in [1.165, 1.54) is 95.5 Å². The van der Waals surface area contributed by atoms with Crippen LogP contribution in [-0.2, 0) is 9.59 Å². The van der Waals surface area contributed by atoms with Crippen LogP contribution in [-0.4, -0.2) is 22.2 Å². The number of hydrogen-bond donors (Lipinski definition) is 2. The van der Waals surface area contributed by atoms with Gasteiger partial charge in [0.05, 0.1) is 0 Å². The van der Waals surface area contributed by atoms with Gasteiger partial charge in [-0.25, -0.2) is 0 Å². The number of carboxylic acids is 2. The highest BCUT2D eigenvalue weighted by atomic mass is 16.4. The maximum atomic E-state index is 10.2. The number of rotatable bonds is 20. The molecule has 2 N–H and O–H groups in total. The smallest absolute Gasteiger partial charge is 0.303 e. The van der Waals surface area contributed by atoms with Crippen LogP contribution < -0.4 is 0 Å². The van der Waals surface area contributed by atoms with Crippen LogP contribution in [0.15, 0.2) is 30.3 Å². The highest BCUT2D eigenvalue weighted by molar-refractivity contribution is 5.66. The molecular weight excluding hydrogens is 436 g/mol. The van der Waals surface area contributed by atoms with Crippen LogP contribution in [0, 0.1) is 6.92 Å². The summed E-state index contributed by atoms with van der Waals surface area (Å²) in [5.74, 6) is -1.32. The van der Waals surface area contributed by atoms with Crippen molar-refractivity contribution in [3.05, 3.63) is 35.9 Å². The van der Waals surface area contributed by atoms with E-state index in [1.807, 2.05) is 18.2 Å². The molecule has 1 rings (SSSR count). The van der Waals surface area contributed by atoms with Gasteiger partial charge in [0, 0.05) is 12.8 Å². The summed E-state index contributed by atoms with van der Waals surface area (Å²) in [5, 5.41) is 16.8. The Hall–Kier alpha value is -1.84. The van der Waals surface area contributed by atoms with E-state index < -0.39 is 11.9 Å². The molecule has 204 valence electrons. The summed E-state index contributed by atoms with van der Waals surface area (Å²) in [7, 11) is 0. The third-order valence-corrected chi connectivity index (χ3v) is 5.93. The van der Waals surface area contributed by atoms with Crippen molar-refractivity contribution in [3.63, 3.8) is 0 Å². The number of aryl methyl sites for hydroxylation is 1. The van der Waals surface area contributed by atoms with Gasteiger partial charge in [-0.05, 0) is 19.8 Å². The van der Waals surface area contributed by atoms with Crippen LogP contribution in [0.25, 0.3) is 0 Å². The van der Waals surface area contributed by atoms with Crippen LogP contribution in [0.1, 0.15) is 148 Å². The third-order valence-electron chi connectivity index (χ3n) is 5.93. The Balaban J connectivity index is 0. The highest BCUT2D eigenvalue weighted by Crippen LogP contribution is 2.11. The molecule has 4 heteroatoms. The normalized spacial score (nSPS) is 10.0. The summed E-state index contributed by atoms with van der Waals surface area (Å²) in [5.41, 5.74) is 1.32. The molecule has 0 radical (unpaired) electrons. The Kier molecular flexibility index (Phi) is 30.5. The van der Waals surface area contributed by atoms with Crippen LogP contribution >= 0.6 is 0 Å². The molecule has 0 atom stereocenters. The van der Waals surface area contributed by atoms with E-state index in [4.69, 9.17) is 10.2 Å². The Bertz CT molecular complexity index is 524. The molecule has 0 fully saturated rings. The van der Waals surface area contributed by atoms with E-state index >= 15 is 0 Å². The van der Waals surface area contributed by atoms with Crippen LogP contribution in [0.4, 0.5) is 0 Å². The minimum Gasteiger partial charge on any atom is -0.481 e. The average molecular weight is 493 g/mol. The van der Waals surface area contributed by atoms with E-state index in [0.29, 0.717) is 12.8 Å². The van der Waals surface area contributed by atoms with E-state index in [1.54, 1.807) is 0 Å². The van der Waals surface area contributed by atoms with Gasteiger partial charge in [0.25, 0.3) is 0 Å². The van der Waals surface area contributed by atoms with Crippen molar-refractivity contribution in [2.75, 3.05) is 0 Å². The first-order valence-corrected chi connectivity index (χ1v) is 14.4. The van der Waals surface area contributed by atoms with Crippen molar-refractivity contribution in [1.29, 1.82) is 0 Å². The lowest BCUT2D eigenvalue weighted by molar-refractivity contribution is -0.138.